The number of methoxy groups -OCH3 is 1. The second kappa shape index (κ2) is 5.96. The van der Waals surface area contributed by atoms with Crippen LogP contribution in [-0.4, -0.2) is 22.7 Å². The molecule has 1 aromatic carbocycles. The van der Waals surface area contributed by atoms with Crippen molar-refractivity contribution < 1.29 is 13.9 Å². The van der Waals surface area contributed by atoms with Crippen molar-refractivity contribution in [3.8, 4) is 5.69 Å². The van der Waals surface area contributed by atoms with Gasteiger partial charge in [0.1, 0.15) is 11.5 Å². The monoisotopic (exact) mass is 314 g/mol. The number of hydrogen-bond donors (Lipinski definition) is 1. The van der Waals surface area contributed by atoms with Crippen LogP contribution in [0, 0.1) is 5.82 Å². The number of benzene rings is 1. The number of halogens is 1. The maximum Gasteiger partial charge on any atom is 0.177 e. The third-order valence-corrected chi connectivity index (χ3v) is 3.36. The molecule has 7 heteroatoms. The van der Waals surface area contributed by atoms with Crippen LogP contribution >= 0.6 is 0 Å². The summed E-state index contributed by atoms with van der Waals surface area (Å²) in [5.41, 5.74) is 4.04. The molecule has 118 valence electrons. The van der Waals surface area contributed by atoms with Crippen LogP contribution in [0.15, 0.2) is 60.4 Å². The average Bonchev–Trinajstić information content (AvgIpc) is 3.08. The van der Waals surface area contributed by atoms with Gasteiger partial charge in [0.25, 0.3) is 0 Å². The van der Waals surface area contributed by atoms with Gasteiger partial charge in [-0.2, -0.15) is 5.10 Å². The van der Waals surface area contributed by atoms with E-state index in [1.807, 2.05) is 0 Å². The number of carbonyl (C=O) groups is 1. The molecule has 0 spiro atoms. The van der Waals surface area contributed by atoms with Gasteiger partial charge < -0.3 is 4.74 Å². The van der Waals surface area contributed by atoms with Crippen molar-refractivity contribution in [1.82, 2.24) is 15.2 Å². The molecule has 1 N–H and O–H groups in total. The van der Waals surface area contributed by atoms with E-state index in [2.05, 4.69) is 10.5 Å². The summed E-state index contributed by atoms with van der Waals surface area (Å²) in [7, 11) is 1.49. The van der Waals surface area contributed by atoms with Gasteiger partial charge in [0, 0.05) is 31.5 Å². The molecule has 6 nitrogen and oxygen atoms in total. The van der Waals surface area contributed by atoms with Crippen molar-refractivity contribution in [1.29, 1.82) is 0 Å². The predicted octanol–water partition coefficient (Wildman–Crippen LogP) is 2.30. The van der Waals surface area contributed by atoms with Gasteiger partial charge in [-0.25, -0.2) is 9.07 Å². The largest absolute Gasteiger partial charge is 0.495 e. The molecule has 1 aromatic heterocycles. The summed E-state index contributed by atoms with van der Waals surface area (Å²) in [6, 6.07) is 6.47. The molecule has 2 heterocycles. The number of aromatic nitrogens is 2. The van der Waals surface area contributed by atoms with Crippen LogP contribution in [0.2, 0.25) is 0 Å². The molecule has 0 bridgehead atoms. The van der Waals surface area contributed by atoms with E-state index in [0.29, 0.717) is 17.1 Å². The molecule has 2 aromatic rings. The summed E-state index contributed by atoms with van der Waals surface area (Å²) in [4.78, 5) is 11.6. The van der Waals surface area contributed by atoms with Gasteiger partial charge in [0.05, 0.1) is 24.7 Å². The molecule has 0 unspecified atom stereocenters. The van der Waals surface area contributed by atoms with Crippen molar-refractivity contribution in [2.45, 2.75) is 6.92 Å². The van der Waals surface area contributed by atoms with E-state index < -0.39 is 5.82 Å². The maximum atomic E-state index is 14.5. The number of carbonyl (C=O) groups excluding carboxylic acids is 1. The molecule has 0 saturated heterocycles. The van der Waals surface area contributed by atoms with Gasteiger partial charge >= 0.3 is 0 Å². The highest BCUT2D eigenvalue weighted by atomic mass is 19.1. The molecular weight excluding hydrogens is 299 g/mol. The number of nitrogens with zero attached hydrogens (tertiary/aromatic N) is 3. The lowest BCUT2D eigenvalue weighted by Crippen LogP contribution is -2.38. The van der Waals surface area contributed by atoms with Crippen LogP contribution in [0.25, 0.3) is 5.69 Å². The molecule has 1 aliphatic rings. The summed E-state index contributed by atoms with van der Waals surface area (Å²) >= 11 is 0. The number of hydrogen-bond acceptors (Lipinski definition) is 5. The lowest BCUT2D eigenvalue weighted by Gasteiger charge is -2.27. The van der Waals surface area contributed by atoms with Crippen LogP contribution in [0.5, 0.6) is 0 Å². The Kier molecular flexibility index (Phi) is 3.84. The first-order valence-electron chi connectivity index (χ1n) is 6.92. The lowest BCUT2D eigenvalue weighted by molar-refractivity contribution is -0.114. The minimum atomic E-state index is -0.456. The van der Waals surface area contributed by atoms with E-state index in [-0.39, 0.29) is 11.5 Å². The summed E-state index contributed by atoms with van der Waals surface area (Å²) in [5, 5.41) is 5.48. The first-order chi connectivity index (χ1) is 11.1. The minimum Gasteiger partial charge on any atom is -0.495 e. The topological polar surface area (TPSA) is 59.4 Å². The zero-order valence-corrected chi connectivity index (χ0v) is 12.7. The molecule has 0 atom stereocenters. The van der Waals surface area contributed by atoms with Crippen LogP contribution in [0.4, 0.5) is 10.1 Å². The van der Waals surface area contributed by atoms with E-state index in [1.165, 1.54) is 25.1 Å². The molecule has 0 amide bonds. The summed E-state index contributed by atoms with van der Waals surface area (Å²) in [6.07, 6.45) is 6.48. The predicted molar refractivity (Wildman–Crippen MR) is 83.0 cm³/mol. The maximum absolute atomic E-state index is 14.5. The Morgan fingerprint density at radius 2 is 2.22 bits per heavy atom. The first-order valence-corrected chi connectivity index (χ1v) is 6.92. The number of allylic oxidation sites excluding steroid dienone is 2. The van der Waals surface area contributed by atoms with Crippen molar-refractivity contribution in [2.24, 2.45) is 0 Å². The quantitative estimate of drug-likeness (QED) is 0.938. The number of anilines is 1. The standard InChI is InChI=1S/C16H15FN4O2/c1-11(22)15-9-13(23-2)10-21(19-15)16-5-4-12(8-14(16)17)20-7-3-6-18-20/h3-10,19H,1-2H3. The highest BCUT2D eigenvalue weighted by Crippen LogP contribution is 2.24. The van der Waals surface area contributed by atoms with E-state index in [1.54, 1.807) is 47.6 Å². The van der Waals surface area contributed by atoms with Crippen molar-refractivity contribution in [3.63, 3.8) is 0 Å². The second-order valence-electron chi connectivity index (χ2n) is 4.92. The Bertz CT molecular complexity index is 796. The van der Waals surface area contributed by atoms with Gasteiger partial charge in [0.2, 0.25) is 0 Å². The third-order valence-electron chi connectivity index (χ3n) is 3.36. The molecule has 0 fully saturated rings. The Balaban J connectivity index is 1.94. The van der Waals surface area contributed by atoms with E-state index in [4.69, 9.17) is 4.74 Å². The summed E-state index contributed by atoms with van der Waals surface area (Å²) < 4.78 is 21.2. The number of ether oxygens (including phenoxy) is 1. The highest BCUT2D eigenvalue weighted by molar-refractivity contribution is 5.93. The molecule has 0 aliphatic carbocycles. The van der Waals surface area contributed by atoms with Crippen LogP contribution in [-0.2, 0) is 9.53 Å². The molecule has 0 saturated carbocycles. The fourth-order valence-electron chi connectivity index (χ4n) is 2.18. The van der Waals surface area contributed by atoms with Crippen molar-refractivity contribution >= 4 is 11.5 Å². The van der Waals surface area contributed by atoms with Crippen molar-refractivity contribution in [2.75, 3.05) is 12.1 Å². The fraction of sp³-hybridized carbons (Fsp3) is 0.125. The Hall–Kier alpha value is -3.09. The molecule has 3 rings (SSSR count). The van der Waals surface area contributed by atoms with Crippen LogP contribution in [0.3, 0.4) is 0 Å². The third kappa shape index (κ3) is 2.94. The van der Waals surface area contributed by atoms with Gasteiger partial charge in [0.15, 0.2) is 11.6 Å². The lowest BCUT2D eigenvalue weighted by atomic mass is 10.2. The van der Waals surface area contributed by atoms with Crippen molar-refractivity contribution in [3.05, 3.63) is 66.2 Å². The van der Waals surface area contributed by atoms with Gasteiger partial charge in [-0.05, 0) is 18.2 Å². The molecule has 1 aliphatic heterocycles. The minimum absolute atomic E-state index is 0.175. The van der Waals surface area contributed by atoms with Crippen LogP contribution < -0.4 is 10.4 Å². The Morgan fingerprint density at radius 3 is 2.83 bits per heavy atom. The van der Waals surface area contributed by atoms with E-state index in [9.17, 15) is 9.18 Å². The zero-order chi connectivity index (χ0) is 16.4. The molecule has 0 radical (unpaired) electrons. The van der Waals surface area contributed by atoms with Gasteiger partial charge in [-0.1, -0.05) is 0 Å². The normalized spacial score (nSPS) is 14.0. The van der Waals surface area contributed by atoms with E-state index >= 15 is 0 Å². The highest BCUT2D eigenvalue weighted by Gasteiger charge is 2.19. The van der Waals surface area contributed by atoms with E-state index in [0.717, 1.165) is 0 Å². The van der Waals surface area contributed by atoms with Crippen LogP contribution in [0.1, 0.15) is 6.92 Å². The SMILES string of the molecule is COC1=CN(c2ccc(-n3cccn3)cc2F)NC(C(C)=O)=C1. The number of rotatable bonds is 4. The number of ketones is 1. The summed E-state index contributed by atoms with van der Waals surface area (Å²) in [5.74, 6) is -0.183. The van der Waals surface area contributed by atoms with Gasteiger partial charge in [-0.3, -0.25) is 15.2 Å². The number of nitrogens with one attached hydrogen (secondary N) is 1. The second-order valence-corrected chi connectivity index (χ2v) is 4.92. The molecule has 23 heavy (non-hydrogen) atoms. The van der Waals surface area contributed by atoms with Gasteiger partial charge in [-0.15, -0.1) is 0 Å². The first kappa shape index (κ1) is 14.8. The molecular formula is C16H15FN4O2. The summed E-state index contributed by atoms with van der Waals surface area (Å²) in [6.45, 7) is 1.42. The Labute approximate surface area is 132 Å². The zero-order valence-electron chi connectivity index (χ0n) is 12.7. The smallest absolute Gasteiger partial charge is 0.177 e. The fourth-order valence-corrected chi connectivity index (χ4v) is 2.18. The Morgan fingerprint density at radius 1 is 1.39 bits per heavy atom. The number of Topliss-reactive ketones (excluding diaryl/α,β-unsaturated/α-hetero) is 1. The average molecular weight is 314 g/mol. The number of hydrazine groups is 1.